The Morgan fingerprint density at radius 1 is 0.964 bits per heavy atom. The van der Waals surface area contributed by atoms with Crippen molar-refractivity contribution in [3.8, 4) is 0 Å². The molecule has 0 saturated heterocycles. The molecule has 0 bridgehead atoms. The summed E-state index contributed by atoms with van der Waals surface area (Å²) < 4.78 is 35.5. The third-order valence-corrected chi connectivity index (χ3v) is 5.04. The Labute approximate surface area is 162 Å². The molecule has 0 atom stereocenters. The maximum absolute atomic E-state index is 12.3. The second-order valence-corrected chi connectivity index (χ2v) is 7.15. The Morgan fingerprint density at radius 3 is 2.11 bits per heavy atom. The van der Waals surface area contributed by atoms with Crippen LogP contribution in [-0.2, 0) is 33.9 Å². The summed E-state index contributed by atoms with van der Waals surface area (Å²) in [6, 6.07) is 5.36. The van der Waals surface area contributed by atoms with E-state index in [0.29, 0.717) is 5.69 Å². The first-order chi connectivity index (χ1) is 13.2. The van der Waals surface area contributed by atoms with Crippen molar-refractivity contribution >= 4 is 33.6 Å². The van der Waals surface area contributed by atoms with Gasteiger partial charge in [-0.1, -0.05) is 6.08 Å². The third-order valence-electron chi connectivity index (χ3n) is 3.59. The Hall–Kier alpha value is -3.40. The van der Waals surface area contributed by atoms with Gasteiger partial charge < -0.3 is 14.4 Å². The lowest BCUT2D eigenvalue weighted by molar-refractivity contribution is -0.139. The summed E-state index contributed by atoms with van der Waals surface area (Å²) in [6.07, 6.45) is 6.05. The number of benzene rings is 1. The van der Waals surface area contributed by atoms with Gasteiger partial charge in [0.05, 0.1) is 24.7 Å². The van der Waals surface area contributed by atoms with Gasteiger partial charge in [-0.25, -0.2) is 22.7 Å². The Morgan fingerprint density at radius 2 is 1.57 bits per heavy atom. The molecule has 0 saturated carbocycles. The molecular formula is C18H18N2O7S. The molecule has 1 aromatic rings. The van der Waals surface area contributed by atoms with E-state index in [4.69, 9.17) is 9.47 Å². The molecule has 9 nitrogen and oxygen atoms in total. The zero-order valence-corrected chi connectivity index (χ0v) is 16.1. The van der Waals surface area contributed by atoms with Crippen molar-refractivity contribution in [2.75, 3.05) is 19.1 Å². The summed E-state index contributed by atoms with van der Waals surface area (Å²) in [4.78, 5) is 36.7. The maximum Gasteiger partial charge on any atom is 0.355 e. The van der Waals surface area contributed by atoms with Gasteiger partial charge in [0.15, 0.2) is 0 Å². The zero-order chi connectivity index (χ0) is 20.9. The lowest BCUT2D eigenvalue weighted by Crippen LogP contribution is -2.28. The molecule has 1 heterocycles. The highest BCUT2D eigenvalue weighted by molar-refractivity contribution is 7.90. The van der Waals surface area contributed by atoms with E-state index in [1.54, 1.807) is 12.2 Å². The molecular weight excluding hydrogens is 388 g/mol. The summed E-state index contributed by atoms with van der Waals surface area (Å²) in [5, 5.41) is 0. The number of allylic oxidation sites excluding steroid dienone is 2. The van der Waals surface area contributed by atoms with Crippen molar-refractivity contribution in [1.82, 2.24) is 4.72 Å². The monoisotopic (exact) mass is 406 g/mol. The van der Waals surface area contributed by atoms with Gasteiger partial charge in [0.25, 0.3) is 10.0 Å². The summed E-state index contributed by atoms with van der Waals surface area (Å²) in [6.45, 7) is 1.09. The molecule has 2 rings (SSSR count). The molecule has 0 aliphatic carbocycles. The number of carbonyl (C=O) groups is 3. The summed E-state index contributed by atoms with van der Waals surface area (Å²) >= 11 is 0. The highest BCUT2D eigenvalue weighted by Gasteiger charge is 2.27. The van der Waals surface area contributed by atoms with Gasteiger partial charge in [0.2, 0.25) is 5.91 Å². The van der Waals surface area contributed by atoms with Crippen LogP contribution in [0.25, 0.3) is 0 Å². The minimum Gasteiger partial charge on any atom is -0.465 e. The van der Waals surface area contributed by atoms with Crippen LogP contribution in [0.5, 0.6) is 0 Å². The molecule has 1 aliphatic rings. The fourth-order valence-corrected chi connectivity index (χ4v) is 3.39. The zero-order valence-electron chi connectivity index (χ0n) is 15.3. The minimum atomic E-state index is -4.00. The Kier molecular flexibility index (Phi) is 6.37. The van der Waals surface area contributed by atoms with E-state index in [9.17, 15) is 22.8 Å². The average Bonchev–Trinajstić information content (AvgIpc) is 2.88. The Bertz CT molecular complexity index is 989. The van der Waals surface area contributed by atoms with E-state index in [0.717, 1.165) is 6.92 Å². The van der Waals surface area contributed by atoms with Crippen LogP contribution in [0.2, 0.25) is 0 Å². The summed E-state index contributed by atoms with van der Waals surface area (Å²) in [5.74, 6) is -2.24. The van der Waals surface area contributed by atoms with E-state index in [1.807, 2.05) is 4.72 Å². The van der Waals surface area contributed by atoms with Crippen molar-refractivity contribution in [2.45, 2.75) is 11.8 Å². The highest BCUT2D eigenvalue weighted by Crippen LogP contribution is 2.27. The number of anilines is 1. The predicted octanol–water partition coefficient (Wildman–Crippen LogP) is 1.00. The molecule has 1 amide bonds. The van der Waals surface area contributed by atoms with Crippen LogP contribution in [-0.4, -0.2) is 40.5 Å². The van der Waals surface area contributed by atoms with Gasteiger partial charge in [-0.05, 0) is 36.4 Å². The number of sulfonamides is 1. The van der Waals surface area contributed by atoms with Crippen molar-refractivity contribution in [3.63, 3.8) is 0 Å². The first-order valence-electron chi connectivity index (χ1n) is 7.89. The van der Waals surface area contributed by atoms with E-state index < -0.39 is 27.9 Å². The van der Waals surface area contributed by atoms with Crippen LogP contribution in [0, 0.1) is 0 Å². The van der Waals surface area contributed by atoms with Crippen LogP contribution in [0.15, 0.2) is 64.9 Å². The number of esters is 2. The summed E-state index contributed by atoms with van der Waals surface area (Å²) in [5.41, 5.74) is 0.245. The minimum absolute atomic E-state index is 0.0331. The SMILES string of the molecule is COC(=O)C1=C(C(=O)OC)N(c2ccc(S(=O)(=O)NC(C)=O)cc2)C=CC=C1. The van der Waals surface area contributed by atoms with E-state index in [1.165, 1.54) is 55.7 Å². The number of nitrogens with zero attached hydrogens (tertiary/aromatic N) is 1. The van der Waals surface area contributed by atoms with E-state index in [2.05, 4.69) is 0 Å². The van der Waals surface area contributed by atoms with Crippen LogP contribution in [0.3, 0.4) is 0 Å². The molecule has 0 radical (unpaired) electrons. The van der Waals surface area contributed by atoms with Crippen LogP contribution in [0.1, 0.15) is 6.92 Å². The van der Waals surface area contributed by atoms with Crippen molar-refractivity contribution < 1.29 is 32.3 Å². The molecule has 148 valence electrons. The van der Waals surface area contributed by atoms with Crippen LogP contribution in [0.4, 0.5) is 5.69 Å². The van der Waals surface area contributed by atoms with E-state index in [-0.39, 0.29) is 16.2 Å². The lowest BCUT2D eigenvalue weighted by atomic mass is 10.1. The van der Waals surface area contributed by atoms with Gasteiger partial charge in [-0.3, -0.25) is 4.79 Å². The molecule has 0 aromatic heterocycles. The number of rotatable bonds is 5. The van der Waals surface area contributed by atoms with Crippen molar-refractivity contribution in [1.29, 1.82) is 0 Å². The van der Waals surface area contributed by atoms with Crippen molar-refractivity contribution in [3.05, 3.63) is 60.0 Å². The highest BCUT2D eigenvalue weighted by atomic mass is 32.2. The molecule has 0 unspecified atom stereocenters. The number of ether oxygens (including phenoxy) is 2. The standard InChI is InChI=1S/C18H18N2O7S/c1-12(21)19-28(24,25)14-9-7-13(8-10-14)20-11-5-4-6-15(17(22)26-2)16(20)18(23)27-3/h4-11H,1-3H3,(H,19,21). The van der Waals surface area contributed by atoms with Gasteiger partial charge in [0.1, 0.15) is 5.70 Å². The molecule has 10 heteroatoms. The number of methoxy groups -OCH3 is 2. The predicted molar refractivity (Wildman–Crippen MR) is 99.3 cm³/mol. The molecule has 0 fully saturated rings. The number of amides is 1. The van der Waals surface area contributed by atoms with Gasteiger partial charge >= 0.3 is 11.9 Å². The maximum atomic E-state index is 12.3. The number of carbonyl (C=O) groups excluding carboxylic acids is 3. The molecule has 1 aliphatic heterocycles. The average molecular weight is 406 g/mol. The topological polar surface area (TPSA) is 119 Å². The molecule has 1 aromatic carbocycles. The lowest BCUT2D eigenvalue weighted by Gasteiger charge is -2.23. The van der Waals surface area contributed by atoms with Gasteiger partial charge in [-0.15, -0.1) is 0 Å². The number of hydrogen-bond donors (Lipinski definition) is 1. The van der Waals surface area contributed by atoms with E-state index >= 15 is 0 Å². The fourth-order valence-electron chi connectivity index (χ4n) is 2.40. The number of hydrogen-bond acceptors (Lipinski definition) is 8. The fraction of sp³-hybridized carbons (Fsp3) is 0.167. The molecule has 0 spiro atoms. The van der Waals surface area contributed by atoms with Gasteiger partial charge in [-0.2, -0.15) is 0 Å². The second kappa shape index (κ2) is 8.53. The first kappa shape index (κ1) is 20.9. The van der Waals surface area contributed by atoms with Crippen molar-refractivity contribution in [2.24, 2.45) is 0 Å². The smallest absolute Gasteiger partial charge is 0.355 e. The Balaban J connectivity index is 2.54. The normalized spacial score (nSPS) is 13.8. The summed E-state index contributed by atoms with van der Waals surface area (Å²) in [7, 11) is -1.65. The quantitative estimate of drug-likeness (QED) is 0.720. The molecule has 1 N–H and O–H groups in total. The third kappa shape index (κ3) is 4.46. The number of nitrogens with one attached hydrogen (secondary N) is 1. The van der Waals surface area contributed by atoms with Crippen LogP contribution < -0.4 is 9.62 Å². The second-order valence-electron chi connectivity index (χ2n) is 5.47. The van der Waals surface area contributed by atoms with Gasteiger partial charge in [0, 0.05) is 18.8 Å². The molecule has 28 heavy (non-hydrogen) atoms. The largest absolute Gasteiger partial charge is 0.465 e. The first-order valence-corrected chi connectivity index (χ1v) is 9.38. The van der Waals surface area contributed by atoms with Crippen LogP contribution >= 0.6 is 0 Å².